The van der Waals surface area contributed by atoms with Gasteiger partial charge >= 0.3 is 5.97 Å². The van der Waals surface area contributed by atoms with Gasteiger partial charge in [-0.15, -0.1) is 0 Å². The van der Waals surface area contributed by atoms with Crippen LogP contribution in [0, 0.1) is 0 Å². The van der Waals surface area contributed by atoms with Gasteiger partial charge in [-0.2, -0.15) is 0 Å². The maximum atomic E-state index is 11.6. The molecule has 0 fully saturated rings. The summed E-state index contributed by atoms with van der Waals surface area (Å²) < 4.78 is 4.84. The maximum absolute atomic E-state index is 11.6. The first kappa shape index (κ1) is 16.6. The molecule has 1 rings (SSSR count). The number of nitrogens with one attached hydrogen (secondary N) is 2. The molecule has 0 unspecified atom stereocenters. The van der Waals surface area contributed by atoms with Crippen LogP contribution < -0.4 is 10.6 Å². The first-order valence-electron chi connectivity index (χ1n) is 6.68. The second kappa shape index (κ2) is 8.68. The Bertz CT molecular complexity index is 490. The number of esters is 1. The summed E-state index contributed by atoms with van der Waals surface area (Å²) in [7, 11) is 0. The van der Waals surface area contributed by atoms with Crippen LogP contribution in [0.15, 0.2) is 24.5 Å². The SMILES string of the molecule is CCCNC(=O)[C@@H](C)NC(=O)COC(=O)c1ccncc1. The lowest BCUT2D eigenvalue weighted by Gasteiger charge is -2.13. The van der Waals surface area contributed by atoms with E-state index in [4.69, 9.17) is 4.74 Å². The molecule has 1 heterocycles. The summed E-state index contributed by atoms with van der Waals surface area (Å²) in [6.45, 7) is 3.61. The quantitative estimate of drug-likeness (QED) is 0.703. The molecule has 114 valence electrons. The molecule has 0 aliphatic rings. The normalized spacial score (nSPS) is 11.3. The van der Waals surface area contributed by atoms with Crippen LogP contribution in [0.2, 0.25) is 0 Å². The van der Waals surface area contributed by atoms with Crippen LogP contribution in [0.3, 0.4) is 0 Å². The Morgan fingerprint density at radius 1 is 1.29 bits per heavy atom. The number of hydrogen-bond acceptors (Lipinski definition) is 5. The third-order valence-corrected chi connectivity index (χ3v) is 2.57. The number of aromatic nitrogens is 1. The molecule has 0 aromatic carbocycles. The average Bonchev–Trinajstić information content (AvgIpc) is 2.50. The van der Waals surface area contributed by atoms with Crippen molar-refractivity contribution in [3.63, 3.8) is 0 Å². The Hall–Kier alpha value is -2.44. The molecule has 2 N–H and O–H groups in total. The standard InChI is InChI=1S/C14H19N3O4/c1-3-6-16-13(19)10(2)17-12(18)9-21-14(20)11-4-7-15-8-5-11/h4-5,7-8,10H,3,6,9H2,1-2H3,(H,16,19)(H,17,18)/t10-/m1/s1. The lowest BCUT2D eigenvalue weighted by Crippen LogP contribution is -2.46. The lowest BCUT2D eigenvalue weighted by atomic mass is 10.3. The van der Waals surface area contributed by atoms with Crippen molar-refractivity contribution >= 4 is 17.8 Å². The topological polar surface area (TPSA) is 97.4 Å². The van der Waals surface area contributed by atoms with Gasteiger partial charge < -0.3 is 15.4 Å². The van der Waals surface area contributed by atoms with Crippen molar-refractivity contribution in [2.75, 3.05) is 13.2 Å². The van der Waals surface area contributed by atoms with Crippen molar-refractivity contribution < 1.29 is 19.1 Å². The molecule has 0 saturated heterocycles. The van der Waals surface area contributed by atoms with Crippen molar-refractivity contribution in [3.8, 4) is 0 Å². The first-order valence-corrected chi connectivity index (χ1v) is 6.68. The van der Waals surface area contributed by atoms with Gasteiger partial charge in [-0.1, -0.05) is 6.92 Å². The zero-order valence-electron chi connectivity index (χ0n) is 12.1. The molecule has 0 spiro atoms. The highest BCUT2D eigenvalue weighted by Crippen LogP contribution is 1.99. The van der Waals surface area contributed by atoms with Crippen LogP contribution in [-0.4, -0.2) is 42.0 Å². The summed E-state index contributed by atoms with van der Waals surface area (Å²) in [4.78, 5) is 38.5. The van der Waals surface area contributed by atoms with Gasteiger partial charge in [0.1, 0.15) is 6.04 Å². The van der Waals surface area contributed by atoms with Gasteiger partial charge in [0.05, 0.1) is 5.56 Å². The Morgan fingerprint density at radius 3 is 2.57 bits per heavy atom. The predicted molar refractivity (Wildman–Crippen MR) is 75.4 cm³/mol. The number of pyridine rings is 1. The van der Waals surface area contributed by atoms with Crippen molar-refractivity contribution in [2.45, 2.75) is 26.3 Å². The van der Waals surface area contributed by atoms with Crippen LogP contribution >= 0.6 is 0 Å². The summed E-state index contributed by atoms with van der Waals surface area (Å²) in [5.41, 5.74) is 0.312. The molecule has 0 aliphatic carbocycles. The van der Waals surface area contributed by atoms with E-state index in [1.54, 1.807) is 6.92 Å². The summed E-state index contributed by atoms with van der Waals surface area (Å²) in [6, 6.07) is 2.30. The Kier molecular flexibility index (Phi) is 6.86. The molecule has 0 bridgehead atoms. The smallest absolute Gasteiger partial charge is 0.338 e. The fraction of sp³-hybridized carbons (Fsp3) is 0.429. The number of carbonyl (C=O) groups excluding carboxylic acids is 3. The summed E-state index contributed by atoms with van der Waals surface area (Å²) in [5.74, 6) is -1.42. The van der Waals surface area contributed by atoms with Crippen LogP contribution in [0.1, 0.15) is 30.6 Å². The highest BCUT2D eigenvalue weighted by Gasteiger charge is 2.16. The minimum atomic E-state index is -0.677. The van der Waals surface area contributed by atoms with Gasteiger partial charge in [0, 0.05) is 18.9 Å². The highest BCUT2D eigenvalue weighted by atomic mass is 16.5. The predicted octanol–water partition coefficient (Wildman–Crippen LogP) is 0.269. The Morgan fingerprint density at radius 2 is 1.95 bits per heavy atom. The molecular formula is C14H19N3O4. The summed E-state index contributed by atoms with van der Waals surface area (Å²) in [5, 5.41) is 5.11. The molecule has 7 nitrogen and oxygen atoms in total. The number of ether oxygens (including phenoxy) is 1. The van der Waals surface area contributed by atoms with E-state index in [9.17, 15) is 14.4 Å². The van der Waals surface area contributed by atoms with Crippen molar-refractivity contribution in [1.82, 2.24) is 15.6 Å². The number of rotatable bonds is 7. The summed E-state index contributed by atoms with van der Waals surface area (Å²) >= 11 is 0. The molecule has 0 radical (unpaired) electrons. The molecule has 1 aromatic rings. The van der Waals surface area contributed by atoms with Crippen molar-refractivity contribution in [3.05, 3.63) is 30.1 Å². The second-order valence-electron chi connectivity index (χ2n) is 4.39. The Labute approximate surface area is 123 Å². The lowest BCUT2D eigenvalue weighted by molar-refractivity contribution is -0.130. The van der Waals surface area contributed by atoms with E-state index >= 15 is 0 Å². The number of hydrogen-bond donors (Lipinski definition) is 2. The highest BCUT2D eigenvalue weighted by molar-refractivity contribution is 5.92. The van der Waals surface area contributed by atoms with E-state index in [0.29, 0.717) is 12.1 Å². The fourth-order valence-electron chi connectivity index (χ4n) is 1.45. The first-order chi connectivity index (χ1) is 10.0. The largest absolute Gasteiger partial charge is 0.452 e. The fourth-order valence-corrected chi connectivity index (χ4v) is 1.45. The molecule has 0 saturated carbocycles. The van der Waals surface area contributed by atoms with Gasteiger partial charge in [0.2, 0.25) is 5.91 Å². The van der Waals surface area contributed by atoms with Crippen LogP contribution in [0.25, 0.3) is 0 Å². The van der Waals surface area contributed by atoms with Gasteiger partial charge in [-0.25, -0.2) is 4.79 Å². The monoisotopic (exact) mass is 293 g/mol. The van der Waals surface area contributed by atoms with E-state index in [0.717, 1.165) is 6.42 Å². The van der Waals surface area contributed by atoms with Gasteiger partial charge in [0.15, 0.2) is 6.61 Å². The van der Waals surface area contributed by atoms with Crippen molar-refractivity contribution in [1.29, 1.82) is 0 Å². The van der Waals surface area contributed by atoms with Crippen molar-refractivity contribution in [2.24, 2.45) is 0 Å². The molecular weight excluding hydrogens is 274 g/mol. The number of amides is 2. The third-order valence-electron chi connectivity index (χ3n) is 2.57. The number of carbonyl (C=O) groups is 3. The number of nitrogens with zero attached hydrogens (tertiary/aromatic N) is 1. The zero-order valence-corrected chi connectivity index (χ0v) is 12.1. The van der Waals surface area contributed by atoms with Crippen LogP contribution in [-0.2, 0) is 14.3 Å². The zero-order chi connectivity index (χ0) is 15.7. The molecule has 2 amide bonds. The minimum Gasteiger partial charge on any atom is -0.452 e. The van der Waals surface area contributed by atoms with Gasteiger partial charge in [0.25, 0.3) is 5.91 Å². The third kappa shape index (κ3) is 6.03. The molecule has 0 aliphatic heterocycles. The van der Waals surface area contributed by atoms with E-state index in [2.05, 4.69) is 15.6 Å². The van der Waals surface area contributed by atoms with E-state index in [1.165, 1.54) is 24.5 Å². The molecule has 1 aromatic heterocycles. The van der Waals surface area contributed by atoms with E-state index < -0.39 is 24.5 Å². The van der Waals surface area contributed by atoms with Crippen LogP contribution in [0.5, 0.6) is 0 Å². The second-order valence-corrected chi connectivity index (χ2v) is 4.39. The van der Waals surface area contributed by atoms with E-state index in [1.807, 2.05) is 6.92 Å². The minimum absolute atomic E-state index is 0.273. The maximum Gasteiger partial charge on any atom is 0.338 e. The molecule has 7 heteroatoms. The summed E-state index contributed by atoms with van der Waals surface area (Å²) in [6.07, 6.45) is 3.73. The van der Waals surface area contributed by atoms with Gasteiger partial charge in [-0.05, 0) is 25.5 Å². The Balaban J connectivity index is 2.34. The van der Waals surface area contributed by atoms with Gasteiger partial charge in [-0.3, -0.25) is 14.6 Å². The average molecular weight is 293 g/mol. The van der Waals surface area contributed by atoms with E-state index in [-0.39, 0.29) is 5.91 Å². The molecule has 21 heavy (non-hydrogen) atoms. The molecule has 1 atom stereocenters. The van der Waals surface area contributed by atoms with Crippen LogP contribution in [0.4, 0.5) is 0 Å².